The van der Waals surface area contributed by atoms with Crippen molar-refractivity contribution in [2.75, 3.05) is 34.4 Å². The summed E-state index contributed by atoms with van der Waals surface area (Å²) in [5.74, 6) is 1.39. The zero-order valence-electron chi connectivity index (χ0n) is 38.4. The third-order valence-electron chi connectivity index (χ3n) is 11.0. The number of para-hydroxylation sites is 1. The summed E-state index contributed by atoms with van der Waals surface area (Å²) in [7, 11) is -5.45. The molecule has 1 amide bonds. The van der Waals surface area contributed by atoms with E-state index >= 15 is 8.42 Å². The molecule has 0 saturated heterocycles. The molecule has 0 radical (unpaired) electrons. The first-order valence-corrected chi connectivity index (χ1v) is 24.9. The van der Waals surface area contributed by atoms with Crippen molar-refractivity contribution in [3.63, 3.8) is 0 Å². The van der Waals surface area contributed by atoms with Gasteiger partial charge in [-0.1, -0.05) is 54.6 Å². The highest BCUT2D eigenvalue weighted by Crippen LogP contribution is 2.43. The van der Waals surface area contributed by atoms with Crippen molar-refractivity contribution in [1.29, 1.82) is 5.26 Å². The van der Waals surface area contributed by atoms with Gasteiger partial charge in [0, 0.05) is 30.7 Å². The summed E-state index contributed by atoms with van der Waals surface area (Å²) in [6.45, 7) is 3.22. The largest absolute Gasteiger partial charge is 0.497 e. The molecule has 0 saturated carbocycles. The third-order valence-corrected chi connectivity index (χ3v) is 15.4. The number of rotatable bonds is 19. The van der Waals surface area contributed by atoms with Crippen LogP contribution in [0.5, 0.6) is 17.2 Å². The first-order chi connectivity index (χ1) is 32.8. The predicted octanol–water partition coefficient (Wildman–Crippen LogP) is 6.37. The molecular weight excluding hydrogens is 947 g/mol. The van der Waals surface area contributed by atoms with E-state index in [2.05, 4.69) is 31.2 Å². The van der Waals surface area contributed by atoms with Crippen molar-refractivity contribution in [3.05, 3.63) is 125 Å². The standard InChI is InChI=1S/C47H49N9O10S3/c1-47(2,3)55(46(58)59)29-33(57)25-49-68(60,61)40-23-22-37(38-8-7-9-39-43(38)50-41(24-48)67-39)42(45-51-53-56(52-45)28-32-14-20-36(66-6)21-15-32)44(40)69(62,63)54(26-30-10-16-34(64-4)17-11-30)27-31-12-18-35(65-5)19-13-31/h7-23,33,49,57H,25-29H2,1-6H3,(H,58,59)/t33-/m1/s1. The lowest BCUT2D eigenvalue weighted by molar-refractivity contribution is 0.0577. The van der Waals surface area contributed by atoms with Gasteiger partial charge in [-0.2, -0.15) is 14.4 Å². The molecule has 3 N–H and O–H groups in total. The van der Waals surface area contributed by atoms with Crippen molar-refractivity contribution in [2.45, 2.75) is 61.8 Å². The topological polar surface area (TPSA) is 252 Å². The van der Waals surface area contributed by atoms with E-state index in [-0.39, 0.29) is 41.6 Å². The van der Waals surface area contributed by atoms with E-state index < -0.39 is 60.7 Å². The number of sulfonamides is 2. The summed E-state index contributed by atoms with van der Waals surface area (Å²) in [5.41, 5.74) is 1.40. The van der Waals surface area contributed by atoms with Crippen molar-refractivity contribution in [3.8, 4) is 45.8 Å². The Balaban J connectivity index is 1.48. The minimum atomic E-state index is -5.05. The van der Waals surface area contributed by atoms with Crippen molar-refractivity contribution in [1.82, 2.24) is 39.1 Å². The van der Waals surface area contributed by atoms with Gasteiger partial charge in [-0.25, -0.2) is 31.3 Å². The van der Waals surface area contributed by atoms with Crippen LogP contribution in [0.3, 0.4) is 0 Å². The van der Waals surface area contributed by atoms with E-state index in [4.69, 9.17) is 14.2 Å². The van der Waals surface area contributed by atoms with Crippen LogP contribution in [0.25, 0.3) is 32.7 Å². The van der Waals surface area contributed by atoms with Gasteiger partial charge >= 0.3 is 6.09 Å². The van der Waals surface area contributed by atoms with Crippen LogP contribution >= 0.6 is 11.3 Å². The summed E-state index contributed by atoms with van der Waals surface area (Å²) in [6.07, 6.45) is -2.90. The van der Waals surface area contributed by atoms with Crippen LogP contribution in [0.15, 0.2) is 113 Å². The van der Waals surface area contributed by atoms with Gasteiger partial charge in [0.2, 0.25) is 25.9 Å². The summed E-state index contributed by atoms with van der Waals surface area (Å²) in [6, 6.07) is 30.3. The Kier molecular flexibility index (Phi) is 15.0. The molecule has 2 aromatic heterocycles. The highest BCUT2D eigenvalue weighted by Gasteiger charge is 2.39. The average molecular weight is 996 g/mol. The maximum Gasteiger partial charge on any atom is 0.407 e. The summed E-state index contributed by atoms with van der Waals surface area (Å²) in [5, 5.41) is 44.4. The Bertz CT molecular complexity index is 3170. The minimum absolute atomic E-state index is 0.0715. The minimum Gasteiger partial charge on any atom is -0.497 e. The van der Waals surface area contributed by atoms with E-state index in [1.165, 1.54) is 32.2 Å². The van der Waals surface area contributed by atoms with Gasteiger partial charge in [-0.15, -0.1) is 21.5 Å². The molecule has 0 fully saturated rings. The molecule has 0 aliphatic carbocycles. The summed E-state index contributed by atoms with van der Waals surface area (Å²) in [4.78, 5) is 17.4. The Morgan fingerprint density at radius 3 is 1.91 bits per heavy atom. The van der Waals surface area contributed by atoms with E-state index in [9.17, 15) is 28.7 Å². The van der Waals surface area contributed by atoms with Gasteiger partial charge in [0.1, 0.15) is 33.1 Å². The lowest BCUT2D eigenvalue weighted by Gasteiger charge is -2.34. The van der Waals surface area contributed by atoms with Crippen molar-refractivity contribution >= 4 is 47.7 Å². The number of aliphatic hydroxyl groups excluding tert-OH is 1. The maximum atomic E-state index is 16.1. The van der Waals surface area contributed by atoms with Crippen LogP contribution in [0.2, 0.25) is 0 Å². The second-order valence-corrected chi connectivity index (χ2v) is 21.3. The number of thiazole rings is 1. The molecule has 22 heteroatoms. The van der Waals surface area contributed by atoms with Gasteiger partial charge in [-0.05, 0) is 96.8 Å². The van der Waals surface area contributed by atoms with Crippen LogP contribution in [-0.4, -0.2) is 114 Å². The Morgan fingerprint density at radius 1 is 0.826 bits per heavy atom. The molecule has 0 aliphatic heterocycles. The maximum absolute atomic E-state index is 16.1. The molecule has 7 rings (SSSR count). The zero-order chi connectivity index (χ0) is 49.7. The molecule has 69 heavy (non-hydrogen) atoms. The smallest absolute Gasteiger partial charge is 0.407 e. The first kappa shape index (κ1) is 49.9. The number of carbonyl (C=O) groups is 1. The number of nitriles is 1. The van der Waals surface area contributed by atoms with Gasteiger partial charge in [0.05, 0.1) is 56.3 Å². The quantitative estimate of drug-likeness (QED) is 0.0796. The monoisotopic (exact) mass is 995 g/mol. The molecular formula is C47H49N9O10S3. The number of tetrazole rings is 1. The number of amides is 1. The molecule has 0 bridgehead atoms. The highest BCUT2D eigenvalue weighted by atomic mass is 32.2. The van der Waals surface area contributed by atoms with Crippen molar-refractivity contribution < 1.29 is 46.1 Å². The molecule has 1 atom stereocenters. The SMILES string of the molecule is COc1ccc(CN(Cc2ccc(OC)cc2)S(=O)(=O)c2c(S(=O)(=O)NC[C@@H](O)CN(C(=O)O)C(C)(C)C)ccc(-c3cccc4sc(C#N)nc34)c2-c2nnn(Cc3ccc(OC)cc3)n2)cc1. The zero-order valence-corrected chi connectivity index (χ0v) is 40.8. The molecule has 0 unspecified atom stereocenters. The fourth-order valence-electron chi connectivity index (χ4n) is 7.42. The fraction of sp³-hybridized carbons (Fsp3) is 0.277. The van der Waals surface area contributed by atoms with E-state index in [0.717, 1.165) is 32.2 Å². The molecule has 0 spiro atoms. The highest BCUT2D eigenvalue weighted by molar-refractivity contribution is 7.92. The number of benzene rings is 5. The number of methoxy groups -OCH3 is 3. The molecule has 5 aromatic carbocycles. The number of aliphatic hydroxyl groups is 1. The number of aromatic nitrogens is 5. The van der Waals surface area contributed by atoms with E-state index in [0.29, 0.717) is 44.2 Å². The predicted molar refractivity (Wildman–Crippen MR) is 257 cm³/mol. The van der Waals surface area contributed by atoms with E-state index in [1.54, 1.807) is 112 Å². The van der Waals surface area contributed by atoms with Crippen LogP contribution in [-0.2, 0) is 39.7 Å². The third kappa shape index (κ3) is 11.3. The molecule has 19 nitrogen and oxygen atoms in total. The van der Waals surface area contributed by atoms with E-state index in [1.807, 2.05) is 0 Å². The molecule has 0 aliphatic rings. The number of fused-ring (bicyclic) bond motifs is 1. The average Bonchev–Trinajstić information content (AvgIpc) is 3.99. The Hall–Kier alpha value is -7.00. The molecule has 360 valence electrons. The summed E-state index contributed by atoms with van der Waals surface area (Å²) < 4.78 is 82.1. The van der Waals surface area contributed by atoms with Gasteiger partial charge in [0.15, 0.2) is 5.01 Å². The number of nitrogens with zero attached hydrogens (tertiary/aromatic N) is 8. The van der Waals surface area contributed by atoms with Crippen molar-refractivity contribution in [2.24, 2.45) is 0 Å². The molecule has 7 aromatic rings. The molecule has 2 heterocycles. The van der Waals surface area contributed by atoms with Gasteiger partial charge < -0.3 is 29.3 Å². The normalized spacial score (nSPS) is 12.4. The Morgan fingerprint density at radius 2 is 1.39 bits per heavy atom. The fourth-order valence-corrected chi connectivity index (χ4v) is 11.7. The van der Waals surface area contributed by atoms with Crippen LogP contribution in [0.4, 0.5) is 4.79 Å². The number of hydrogen-bond acceptors (Lipinski definition) is 15. The second kappa shape index (κ2) is 20.7. The first-order valence-electron chi connectivity index (χ1n) is 21.2. The van der Waals surface area contributed by atoms with Crippen LogP contribution in [0.1, 0.15) is 42.5 Å². The number of nitrogens with one attached hydrogen (secondary N) is 1. The number of ether oxygens (including phenoxy) is 3. The second-order valence-electron chi connectivity index (χ2n) is 16.6. The number of hydrogen-bond donors (Lipinski definition) is 3. The lowest BCUT2D eigenvalue weighted by Crippen LogP contribution is -2.50. The van der Waals surface area contributed by atoms with Crippen LogP contribution in [0, 0.1) is 11.3 Å². The van der Waals surface area contributed by atoms with Gasteiger partial charge in [0.25, 0.3) is 0 Å². The number of carboxylic acid groups (broad SMARTS) is 1. The van der Waals surface area contributed by atoms with Crippen LogP contribution < -0.4 is 18.9 Å². The van der Waals surface area contributed by atoms with Gasteiger partial charge in [-0.3, -0.25) is 0 Å². The Labute approximate surface area is 403 Å². The summed E-state index contributed by atoms with van der Waals surface area (Å²) >= 11 is 1.12. The lowest BCUT2D eigenvalue weighted by atomic mass is 9.98. The number of β-amino-alcohol motifs (C(OH)–C–C–N with tert-alkyl or cyclic N) is 1.